The van der Waals surface area contributed by atoms with Gasteiger partial charge in [-0.05, 0) is 12.1 Å². The Kier molecular flexibility index (Phi) is 2.60. The number of fused-ring (bicyclic) bond motifs is 1. The highest BCUT2D eigenvalue weighted by molar-refractivity contribution is 5.74. The molecule has 6 heteroatoms. The molecule has 2 heterocycles. The summed E-state index contributed by atoms with van der Waals surface area (Å²) in [6.45, 7) is 1.38. The summed E-state index contributed by atoms with van der Waals surface area (Å²) in [5.74, 6) is 0. The van der Waals surface area contributed by atoms with Gasteiger partial charge in [-0.2, -0.15) is 10.1 Å². The number of rotatable bonds is 4. The summed E-state index contributed by atoms with van der Waals surface area (Å²) in [6, 6.07) is 8.18. The molecule has 2 aromatic heterocycles. The topological polar surface area (TPSA) is 81.9 Å². The summed E-state index contributed by atoms with van der Waals surface area (Å²) in [5, 5.41) is 7.20. The van der Waals surface area contributed by atoms with E-state index in [0.29, 0.717) is 24.8 Å². The third kappa shape index (κ3) is 2.13. The Bertz CT molecular complexity index is 624. The number of benzene rings is 1. The van der Waals surface area contributed by atoms with E-state index in [9.17, 15) is 0 Å². The first kappa shape index (κ1) is 10.6. The summed E-state index contributed by atoms with van der Waals surface area (Å²) in [5.41, 5.74) is 7.87. The number of aromatic nitrogens is 3. The Morgan fingerprint density at radius 2 is 2.22 bits per heavy atom. The highest BCUT2D eigenvalue weighted by Crippen LogP contribution is 2.17. The molecule has 0 aliphatic heterocycles. The zero-order valence-corrected chi connectivity index (χ0v) is 9.71. The van der Waals surface area contributed by atoms with Crippen molar-refractivity contribution in [3.05, 3.63) is 36.7 Å². The fourth-order valence-corrected chi connectivity index (χ4v) is 1.73. The van der Waals surface area contributed by atoms with Crippen molar-refractivity contribution in [3.8, 4) is 0 Å². The first-order chi connectivity index (χ1) is 8.81. The van der Waals surface area contributed by atoms with Crippen molar-refractivity contribution >= 4 is 22.8 Å². The van der Waals surface area contributed by atoms with Crippen molar-refractivity contribution in [2.24, 2.45) is 0 Å². The summed E-state index contributed by atoms with van der Waals surface area (Å²) in [7, 11) is 0. The second kappa shape index (κ2) is 4.40. The summed E-state index contributed by atoms with van der Waals surface area (Å²) in [6.07, 6.45) is 3.41. The lowest BCUT2D eigenvalue weighted by Gasteiger charge is -2.01. The number of anilines is 2. The predicted octanol–water partition coefficient (Wildman–Crippen LogP) is 1.72. The largest absolute Gasteiger partial charge is 0.424 e. The van der Waals surface area contributed by atoms with Crippen molar-refractivity contribution in [3.63, 3.8) is 0 Å². The maximum absolute atomic E-state index is 5.58. The fraction of sp³-hybridized carbons (Fsp3) is 0.167. The molecule has 6 nitrogen and oxygen atoms in total. The van der Waals surface area contributed by atoms with E-state index in [2.05, 4.69) is 15.4 Å². The molecule has 1 aromatic carbocycles. The summed E-state index contributed by atoms with van der Waals surface area (Å²) in [4.78, 5) is 4.32. The maximum Gasteiger partial charge on any atom is 0.295 e. The van der Waals surface area contributed by atoms with Crippen molar-refractivity contribution in [2.45, 2.75) is 6.54 Å². The first-order valence-electron chi connectivity index (χ1n) is 5.69. The van der Waals surface area contributed by atoms with Crippen molar-refractivity contribution in [1.29, 1.82) is 0 Å². The van der Waals surface area contributed by atoms with E-state index < -0.39 is 0 Å². The van der Waals surface area contributed by atoms with Gasteiger partial charge < -0.3 is 15.5 Å². The van der Waals surface area contributed by atoms with E-state index in [0.717, 1.165) is 11.1 Å². The number of oxazole rings is 1. The molecule has 0 saturated heterocycles. The van der Waals surface area contributed by atoms with Gasteiger partial charge in [0, 0.05) is 12.7 Å². The van der Waals surface area contributed by atoms with E-state index in [1.807, 2.05) is 24.3 Å². The molecular weight excluding hydrogens is 230 g/mol. The minimum absolute atomic E-state index is 0.524. The molecule has 0 atom stereocenters. The molecule has 18 heavy (non-hydrogen) atoms. The van der Waals surface area contributed by atoms with Crippen LogP contribution in [0, 0.1) is 0 Å². The van der Waals surface area contributed by atoms with Crippen LogP contribution in [0.2, 0.25) is 0 Å². The Morgan fingerprint density at radius 1 is 1.33 bits per heavy atom. The molecule has 0 unspecified atom stereocenters. The van der Waals surface area contributed by atoms with E-state index in [1.54, 1.807) is 17.1 Å². The van der Waals surface area contributed by atoms with Crippen LogP contribution >= 0.6 is 0 Å². The van der Waals surface area contributed by atoms with Crippen molar-refractivity contribution in [2.75, 3.05) is 17.6 Å². The normalized spacial score (nSPS) is 10.9. The molecule has 0 bridgehead atoms. The van der Waals surface area contributed by atoms with Crippen molar-refractivity contribution < 1.29 is 4.42 Å². The zero-order chi connectivity index (χ0) is 12.4. The summed E-state index contributed by atoms with van der Waals surface area (Å²) >= 11 is 0. The Labute approximate surface area is 103 Å². The van der Waals surface area contributed by atoms with Gasteiger partial charge in [-0.25, -0.2) is 0 Å². The molecule has 0 radical (unpaired) electrons. The van der Waals surface area contributed by atoms with Crippen LogP contribution in [0.5, 0.6) is 0 Å². The molecule has 0 saturated carbocycles. The van der Waals surface area contributed by atoms with Gasteiger partial charge in [0.15, 0.2) is 5.58 Å². The zero-order valence-electron chi connectivity index (χ0n) is 9.71. The molecular formula is C12H13N5O. The quantitative estimate of drug-likeness (QED) is 0.729. The molecule has 0 fully saturated rings. The number of nitrogens with zero attached hydrogens (tertiary/aromatic N) is 3. The van der Waals surface area contributed by atoms with E-state index in [1.165, 1.54) is 0 Å². The Hall–Kier alpha value is -2.50. The number of nitrogens with one attached hydrogen (secondary N) is 1. The monoisotopic (exact) mass is 243 g/mol. The van der Waals surface area contributed by atoms with Gasteiger partial charge in [-0.1, -0.05) is 12.1 Å². The van der Waals surface area contributed by atoms with Gasteiger partial charge in [0.1, 0.15) is 5.52 Å². The minimum atomic E-state index is 0.524. The second-order valence-corrected chi connectivity index (χ2v) is 3.95. The lowest BCUT2D eigenvalue weighted by Crippen LogP contribution is -2.10. The van der Waals surface area contributed by atoms with Gasteiger partial charge in [0.2, 0.25) is 0 Å². The fourth-order valence-electron chi connectivity index (χ4n) is 1.73. The number of nitrogens with two attached hydrogens (primary N) is 1. The molecule has 3 aromatic rings. The van der Waals surface area contributed by atoms with Gasteiger partial charge >= 0.3 is 0 Å². The van der Waals surface area contributed by atoms with Gasteiger partial charge in [-0.3, -0.25) is 4.68 Å². The van der Waals surface area contributed by atoms with Crippen molar-refractivity contribution in [1.82, 2.24) is 14.8 Å². The van der Waals surface area contributed by atoms with Crippen LogP contribution < -0.4 is 11.1 Å². The van der Waals surface area contributed by atoms with Gasteiger partial charge in [0.05, 0.1) is 18.4 Å². The molecule has 3 rings (SSSR count). The Balaban J connectivity index is 1.62. The lowest BCUT2D eigenvalue weighted by molar-refractivity contribution is 0.592. The lowest BCUT2D eigenvalue weighted by atomic mass is 10.3. The molecule has 0 aliphatic carbocycles. The number of hydrogen-bond donors (Lipinski definition) is 2. The minimum Gasteiger partial charge on any atom is -0.424 e. The standard InChI is InChI=1S/C12H13N5O/c13-9-7-15-17(8-9)6-5-14-12-16-10-3-1-2-4-11(10)18-12/h1-4,7-8H,5-6,13H2,(H,14,16). The third-order valence-corrected chi connectivity index (χ3v) is 2.56. The SMILES string of the molecule is Nc1cnn(CCNc2nc3ccccc3o2)c1. The summed E-state index contributed by atoms with van der Waals surface area (Å²) < 4.78 is 7.30. The van der Waals surface area contributed by atoms with Crippen LogP contribution in [-0.2, 0) is 6.54 Å². The number of nitrogen functional groups attached to an aromatic ring is 1. The van der Waals surface area contributed by atoms with E-state index >= 15 is 0 Å². The first-order valence-corrected chi connectivity index (χ1v) is 5.69. The highest BCUT2D eigenvalue weighted by Gasteiger charge is 2.03. The van der Waals surface area contributed by atoms with Crippen LogP contribution in [0.25, 0.3) is 11.1 Å². The van der Waals surface area contributed by atoms with Crippen LogP contribution in [0.3, 0.4) is 0 Å². The molecule has 0 spiro atoms. The van der Waals surface area contributed by atoms with Crippen LogP contribution in [0.4, 0.5) is 11.7 Å². The Morgan fingerprint density at radius 3 is 3.00 bits per heavy atom. The smallest absolute Gasteiger partial charge is 0.295 e. The predicted molar refractivity (Wildman–Crippen MR) is 69.1 cm³/mol. The average Bonchev–Trinajstić information content (AvgIpc) is 2.95. The highest BCUT2D eigenvalue weighted by atomic mass is 16.4. The molecule has 0 amide bonds. The van der Waals surface area contributed by atoms with Gasteiger partial charge in [-0.15, -0.1) is 0 Å². The molecule has 0 aliphatic rings. The maximum atomic E-state index is 5.58. The van der Waals surface area contributed by atoms with Crippen LogP contribution in [0.15, 0.2) is 41.1 Å². The number of para-hydroxylation sites is 2. The van der Waals surface area contributed by atoms with Crippen LogP contribution in [0.1, 0.15) is 0 Å². The van der Waals surface area contributed by atoms with E-state index in [-0.39, 0.29) is 0 Å². The number of hydrogen-bond acceptors (Lipinski definition) is 5. The third-order valence-electron chi connectivity index (χ3n) is 2.56. The average molecular weight is 243 g/mol. The van der Waals surface area contributed by atoms with E-state index in [4.69, 9.17) is 10.2 Å². The molecule has 3 N–H and O–H groups in total. The van der Waals surface area contributed by atoms with Crippen LogP contribution in [-0.4, -0.2) is 21.3 Å². The molecule has 92 valence electrons. The van der Waals surface area contributed by atoms with Gasteiger partial charge in [0.25, 0.3) is 6.01 Å². The second-order valence-electron chi connectivity index (χ2n) is 3.95.